The number of carboxylic acid groups (broad SMARTS) is 1. The first kappa shape index (κ1) is 26.5. The Morgan fingerprint density at radius 1 is 1.00 bits per heavy atom. The van der Waals surface area contributed by atoms with Crippen LogP contribution in [-0.4, -0.2) is 26.6 Å². The van der Waals surface area contributed by atoms with Crippen molar-refractivity contribution in [2.24, 2.45) is 5.92 Å². The summed E-state index contributed by atoms with van der Waals surface area (Å²) in [6.45, 7) is 3.87. The van der Waals surface area contributed by atoms with Gasteiger partial charge in [-0.25, -0.2) is 0 Å². The molecule has 0 unspecified atom stereocenters. The summed E-state index contributed by atoms with van der Waals surface area (Å²) in [5.74, 6) is -0.690. The smallest absolute Gasteiger partial charge is 0.545 e. The number of carbonyl (C=O) groups is 2. The standard InChI is InChI=1S/C26H28N2O4S.Na/c1-16(2)32-20-11-8-18(9-12-20)25(29)21(14-17-6-4-3-5-7-17)24(26(30)31)19-10-13-22-23(15-19)28-33-27-22;/h8-13,15-17H,3-7,14H2,1-2H3,(H,30,31);/q;+1/p-1. The Hall–Kier alpha value is -2.06. The number of hydrogen-bond acceptors (Lipinski definition) is 7. The van der Waals surface area contributed by atoms with Crippen LogP contribution in [0.3, 0.4) is 0 Å². The van der Waals surface area contributed by atoms with E-state index in [0.717, 1.165) is 37.4 Å². The van der Waals surface area contributed by atoms with Crippen LogP contribution in [0.4, 0.5) is 0 Å². The van der Waals surface area contributed by atoms with Gasteiger partial charge in [-0.3, -0.25) is 4.79 Å². The van der Waals surface area contributed by atoms with Gasteiger partial charge in [0.2, 0.25) is 0 Å². The second-order valence-electron chi connectivity index (χ2n) is 8.84. The number of ketones is 1. The summed E-state index contributed by atoms with van der Waals surface area (Å²) < 4.78 is 14.1. The molecule has 1 saturated carbocycles. The first-order chi connectivity index (χ1) is 15.9. The average molecular weight is 487 g/mol. The Kier molecular flexibility index (Phi) is 9.42. The number of hydrogen-bond donors (Lipinski definition) is 0. The molecule has 0 bridgehead atoms. The van der Waals surface area contributed by atoms with Crippen molar-refractivity contribution in [1.82, 2.24) is 8.75 Å². The molecule has 34 heavy (non-hydrogen) atoms. The number of ether oxygens (including phenoxy) is 1. The Labute approximate surface area is 226 Å². The number of rotatable bonds is 8. The van der Waals surface area contributed by atoms with E-state index >= 15 is 0 Å². The molecule has 0 N–H and O–H groups in total. The number of Topliss-reactive ketones (excluding diaryl/α,β-unsaturated/α-hetero) is 1. The van der Waals surface area contributed by atoms with Crippen molar-refractivity contribution in [3.63, 3.8) is 0 Å². The number of nitrogens with zero attached hydrogens (tertiary/aromatic N) is 2. The fraction of sp³-hybridized carbons (Fsp3) is 0.385. The molecule has 172 valence electrons. The van der Waals surface area contributed by atoms with E-state index in [4.69, 9.17) is 4.74 Å². The van der Waals surface area contributed by atoms with E-state index in [1.54, 1.807) is 42.5 Å². The van der Waals surface area contributed by atoms with Gasteiger partial charge in [0.05, 0.1) is 23.8 Å². The monoisotopic (exact) mass is 486 g/mol. The summed E-state index contributed by atoms with van der Waals surface area (Å²) in [5, 5.41) is 12.4. The number of carboxylic acids is 1. The molecule has 0 radical (unpaired) electrons. The molecule has 3 aromatic rings. The molecule has 1 aromatic heterocycles. The fourth-order valence-corrected chi connectivity index (χ4v) is 4.99. The van der Waals surface area contributed by atoms with Crippen molar-refractivity contribution in [3.8, 4) is 5.75 Å². The quantitative estimate of drug-likeness (QED) is 0.274. The van der Waals surface area contributed by atoms with Crippen LogP contribution in [0, 0.1) is 5.92 Å². The minimum absolute atomic E-state index is 0. The first-order valence-electron chi connectivity index (χ1n) is 11.4. The molecule has 8 heteroatoms. The number of allylic oxidation sites excluding steroid dienone is 1. The molecule has 4 rings (SSSR count). The number of fused-ring (bicyclic) bond motifs is 1. The van der Waals surface area contributed by atoms with Crippen LogP contribution in [0.2, 0.25) is 0 Å². The third kappa shape index (κ3) is 6.33. The van der Waals surface area contributed by atoms with Crippen LogP contribution in [-0.2, 0) is 4.79 Å². The van der Waals surface area contributed by atoms with Crippen LogP contribution in [0.1, 0.15) is 68.3 Å². The maximum atomic E-state index is 13.7. The SMILES string of the molecule is CC(C)Oc1ccc(C(=O)C(CC2CCCCC2)=C(C(=O)[O-])c2ccc3nsnc3c2)cc1.[Na+]. The van der Waals surface area contributed by atoms with Gasteiger partial charge >= 0.3 is 29.6 Å². The zero-order chi connectivity index (χ0) is 23.4. The molecule has 1 fully saturated rings. The molecule has 1 heterocycles. The van der Waals surface area contributed by atoms with Crippen molar-refractivity contribution in [2.45, 2.75) is 58.5 Å². The molecule has 0 atom stereocenters. The van der Waals surface area contributed by atoms with Crippen molar-refractivity contribution in [1.29, 1.82) is 0 Å². The van der Waals surface area contributed by atoms with Crippen LogP contribution in [0.15, 0.2) is 48.0 Å². The second-order valence-corrected chi connectivity index (χ2v) is 9.37. The maximum Gasteiger partial charge on any atom is 1.00 e. The molecular formula is C26H27N2NaO4S. The van der Waals surface area contributed by atoms with Gasteiger partial charge in [0, 0.05) is 16.7 Å². The summed E-state index contributed by atoms with van der Waals surface area (Å²) in [5.41, 5.74) is 2.41. The molecule has 2 aromatic carbocycles. The Bertz CT molecular complexity index is 1180. The van der Waals surface area contributed by atoms with Gasteiger partial charge < -0.3 is 14.6 Å². The van der Waals surface area contributed by atoms with E-state index in [1.165, 1.54) is 6.42 Å². The molecule has 0 saturated heterocycles. The van der Waals surface area contributed by atoms with Crippen LogP contribution in [0.5, 0.6) is 5.75 Å². The van der Waals surface area contributed by atoms with E-state index < -0.39 is 5.97 Å². The Morgan fingerprint density at radius 2 is 1.65 bits per heavy atom. The molecule has 0 amide bonds. The average Bonchev–Trinajstić information content (AvgIpc) is 3.27. The van der Waals surface area contributed by atoms with E-state index in [1.807, 2.05) is 13.8 Å². The topological polar surface area (TPSA) is 92.2 Å². The molecular weight excluding hydrogens is 459 g/mol. The molecule has 0 aliphatic heterocycles. The number of carbonyl (C=O) groups excluding carboxylic acids is 2. The van der Waals surface area contributed by atoms with Gasteiger partial charge in [-0.1, -0.05) is 38.2 Å². The zero-order valence-electron chi connectivity index (χ0n) is 19.9. The summed E-state index contributed by atoms with van der Waals surface area (Å²) in [4.78, 5) is 26.1. The summed E-state index contributed by atoms with van der Waals surface area (Å²) in [6.07, 6.45) is 5.81. The van der Waals surface area contributed by atoms with Crippen LogP contribution in [0.25, 0.3) is 16.6 Å². The molecule has 1 aliphatic rings. The van der Waals surface area contributed by atoms with Gasteiger partial charge in [-0.2, -0.15) is 8.75 Å². The Morgan fingerprint density at radius 3 is 2.29 bits per heavy atom. The zero-order valence-corrected chi connectivity index (χ0v) is 22.7. The summed E-state index contributed by atoms with van der Waals surface area (Å²) in [6, 6.07) is 12.0. The maximum absolute atomic E-state index is 13.7. The largest absolute Gasteiger partial charge is 1.00 e. The molecule has 0 spiro atoms. The Balaban J connectivity index is 0.00000324. The van der Waals surface area contributed by atoms with Crippen LogP contribution >= 0.6 is 11.7 Å². The predicted molar refractivity (Wildman–Crippen MR) is 127 cm³/mol. The predicted octanol–water partition coefficient (Wildman–Crippen LogP) is 1.84. The fourth-order valence-electron chi connectivity index (χ4n) is 4.47. The summed E-state index contributed by atoms with van der Waals surface area (Å²) >= 11 is 1.07. The van der Waals surface area contributed by atoms with Crippen molar-refractivity contribution in [3.05, 3.63) is 59.2 Å². The van der Waals surface area contributed by atoms with Crippen molar-refractivity contribution in [2.75, 3.05) is 0 Å². The van der Waals surface area contributed by atoms with Gasteiger partial charge in [0.1, 0.15) is 16.8 Å². The van der Waals surface area contributed by atoms with E-state index in [9.17, 15) is 14.7 Å². The molecule has 1 aliphatic carbocycles. The first-order valence-corrected chi connectivity index (χ1v) is 12.1. The van der Waals surface area contributed by atoms with Crippen LogP contribution < -0.4 is 39.4 Å². The van der Waals surface area contributed by atoms with E-state index in [2.05, 4.69) is 8.75 Å². The van der Waals surface area contributed by atoms with Gasteiger partial charge in [0.25, 0.3) is 0 Å². The third-order valence-electron chi connectivity index (χ3n) is 6.03. The van der Waals surface area contributed by atoms with Crippen molar-refractivity contribution >= 4 is 40.1 Å². The number of aliphatic carboxylic acids is 1. The normalized spacial score (nSPS) is 15.0. The summed E-state index contributed by atoms with van der Waals surface area (Å²) in [7, 11) is 0. The van der Waals surface area contributed by atoms with E-state index in [-0.39, 0.29) is 52.9 Å². The number of aromatic nitrogens is 2. The van der Waals surface area contributed by atoms with Gasteiger partial charge in [0.15, 0.2) is 5.78 Å². The second kappa shape index (κ2) is 12.1. The van der Waals surface area contributed by atoms with Gasteiger partial charge in [-0.05, 0) is 68.1 Å². The van der Waals surface area contributed by atoms with Gasteiger partial charge in [-0.15, -0.1) is 0 Å². The third-order valence-corrected chi connectivity index (χ3v) is 6.58. The van der Waals surface area contributed by atoms with Crippen molar-refractivity contribution < 1.29 is 49.0 Å². The number of benzene rings is 2. The minimum Gasteiger partial charge on any atom is -0.545 e. The molecule has 6 nitrogen and oxygen atoms in total. The minimum atomic E-state index is -1.35. The van der Waals surface area contributed by atoms with E-state index in [0.29, 0.717) is 39.9 Å².